The van der Waals surface area contributed by atoms with Gasteiger partial charge in [-0.2, -0.15) is 0 Å². The van der Waals surface area contributed by atoms with E-state index in [1.165, 1.54) is 16.3 Å². The number of thioether (sulfide) groups is 1. The Balaban J connectivity index is 2.38. The van der Waals surface area contributed by atoms with E-state index in [-0.39, 0.29) is 28.7 Å². The fourth-order valence-corrected chi connectivity index (χ4v) is 3.55. The zero-order chi connectivity index (χ0) is 14.2. The molecule has 2 unspecified atom stereocenters. The van der Waals surface area contributed by atoms with Crippen LogP contribution >= 0.6 is 11.8 Å². The lowest BCUT2D eigenvalue weighted by Gasteiger charge is -2.15. The molecule has 0 bridgehead atoms. The van der Waals surface area contributed by atoms with E-state index in [4.69, 9.17) is 5.11 Å². The molecule has 3 atom stereocenters. The predicted molar refractivity (Wildman–Crippen MR) is 73.5 cm³/mol. The van der Waals surface area contributed by atoms with Crippen LogP contribution in [-0.2, 0) is 0 Å². The van der Waals surface area contributed by atoms with Gasteiger partial charge in [-0.1, -0.05) is 13.8 Å². The molecule has 1 saturated heterocycles. The van der Waals surface area contributed by atoms with Crippen LogP contribution in [-0.4, -0.2) is 37.7 Å². The number of hydrogen-bond acceptors (Lipinski definition) is 5. The smallest absolute Gasteiger partial charge is 0.329 e. The van der Waals surface area contributed by atoms with Crippen LogP contribution in [0.5, 0.6) is 0 Å². The number of aliphatic hydroxyl groups excluding tert-OH is 2. The third-order valence-corrected chi connectivity index (χ3v) is 4.86. The van der Waals surface area contributed by atoms with Crippen molar-refractivity contribution in [2.24, 2.45) is 0 Å². The summed E-state index contributed by atoms with van der Waals surface area (Å²) in [6, 6.07) is 0. The van der Waals surface area contributed by atoms with Crippen LogP contribution in [0.15, 0.2) is 15.8 Å². The summed E-state index contributed by atoms with van der Waals surface area (Å²) in [7, 11) is 0. The molecule has 2 heterocycles. The number of aliphatic hydroxyl groups is 2. The van der Waals surface area contributed by atoms with Gasteiger partial charge in [0.25, 0.3) is 5.56 Å². The number of aromatic nitrogens is 2. The van der Waals surface area contributed by atoms with Gasteiger partial charge in [-0.15, -0.1) is 11.8 Å². The summed E-state index contributed by atoms with van der Waals surface area (Å²) >= 11 is 1.35. The molecule has 2 rings (SSSR count). The van der Waals surface area contributed by atoms with Crippen molar-refractivity contribution in [2.45, 2.75) is 42.9 Å². The minimum atomic E-state index is -0.638. The van der Waals surface area contributed by atoms with Gasteiger partial charge >= 0.3 is 5.69 Å². The Kier molecular flexibility index (Phi) is 4.17. The van der Waals surface area contributed by atoms with E-state index in [9.17, 15) is 14.7 Å². The molecule has 0 aliphatic carbocycles. The zero-order valence-electron chi connectivity index (χ0n) is 10.9. The predicted octanol–water partition coefficient (Wildman–Crippen LogP) is 0.0173. The number of aromatic amines is 1. The van der Waals surface area contributed by atoms with E-state index in [0.717, 1.165) is 0 Å². The van der Waals surface area contributed by atoms with Gasteiger partial charge in [0.2, 0.25) is 0 Å². The Morgan fingerprint density at radius 3 is 2.74 bits per heavy atom. The molecule has 0 aromatic carbocycles. The average molecular weight is 286 g/mol. The highest BCUT2D eigenvalue weighted by Gasteiger charge is 2.34. The molecule has 6 nitrogen and oxygen atoms in total. The molecule has 1 aliphatic rings. The SMILES string of the molecule is CC(C)c1cn([C@H]2CC(O)C(CO)S2)c(=O)[nH]c1=O. The van der Waals surface area contributed by atoms with Gasteiger partial charge in [0, 0.05) is 18.2 Å². The van der Waals surface area contributed by atoms with E-state index in [1.54, 1.807) is 6.20 Å². The fraction of sp³-hybridized carbons (Fsp3) is 0.667. The van der Waals surface area contributed by atoms with Crippen LogP contribution in [0, 0.1) is 0 Å². The van der Waals surface area contributed by atoms with Crippen LogP contribution in [0.1, 0.15) is 37.1 Å². The molecule has 0 radical (unpaired) electrons. The van der Waals surface area contributed by atoms with E-state index in [1.807, 2.05) is 13.8 Å². The lowest BCUT2D eigenvalue weighted by Crippen LogP contribution is -2.33. The van der Waals surface area contributed by atoms with Gasteiger partial charge in [-0.05, 0) is 5.92 Å². The average Bonchev–Trinajstić information content (AvgIpc) is 2.69. The number of hydrogen-bond donors (Lipinski definition) is 3. The summed E-state index contributed by atoms with van der Waals surface area (Å²) in [5.74, 6) is 0.0144. The Hall–Kier alpha value is -1.05. The maximum atomic E-state index is 11.9. The van der Waals surface area contributed by atoms with Crippen molar-refractivity contribution in [3.05, 3.63) is 32.6 Å². The first-order valence-electron chi connectivity index (χ1n) is 6.23. The second-order valence-corrected chi connectivity index (χ2v) is 6.44. The quantitative estimate of drug-likeness (QED) is 0.728. The summed E-state index contributed by atoms with van der Waals surface area (Å²) in [5.41, 5.74) is -0.293. The van der Waals surface area contributed by atoms with Crippen molar-refractivity contribution < 1.29 is 10.2 Å². The number of nitrogens with one attached hydrogen (secondary N) is 1. The molecular weight excluding hydrogens is 268 g/mol. The third-order valence-electron chi connectivity index (χ3n) is 3.31. The van der Waals surface area contributed by atoms with Crippen molar-refractivity contribution >= 4 is 11.8 Å². The monoisotopic (exact) mass is 286 g/mol. The summed E-state index contributed by atoms with van der Waals surface area (Å²) < 4.78 is 1.44. The number of rotatable bonds is 3. The highest BCUT2D eigenvalue weighted by atomic mass is 32.2. The molecule has 1 aromatic heterocycles. The van der Waals surface area contributed by atoms with Crippen molar-refractivity contribution in [1.29, 1.82) is 0 Å². The molecule has 106 valence electrons. The highest BCUT2D eigenvalue weighted by Crippen LogP contribution is 2.40. The third kappa shape index (κ3) is 2.77. The topological polar surface area (TPSA) is 95.3 Å². The minimum Gasteiger partial charge on any atom is -0.395 e. The molecule has 0 saturated carbocycles. The lowest BCUT2D eigenvalue weighted by atomic mass is 10.1. The normalized spacial score (nSPS) is 27.1. The van der Waals surface area contributed by atoms with E-state index in [2.05, 4.69) is 4.98 Å². The lowest BCUT2D eigenvalue weighted by molar-refractivity contribution is 0.137. The van der Waals surface area contributed by atoms with E-state index < -0.39 is 11.8 Å². The molecule has 3 N–H and O–H groups in total. The molecule has 1 fully saturated rings. The Morgan fingerprint density at radius 1 is 1.53 bits per heavy atom. The van der Waals surface area contributed by atoms with Gasteiger partial charge in [-0.3, -0.25) is 14.3 Å². The van der Waals surface area contributed by atoms with Gasteiger partial charge in [0.15, 0.2) is 0 Å². The largest absolute Gasteiger partial charge is 0.395 e. The molecular formula is C12H18N2O4S. The van der Waals surface area contributed by atoms with Crippen LogP contribution < -0.4 is 11.2 Å². The molecule has 7 heteroatoms. The molecule has 1 aromatic rings. The summed E-state index contributed by atoms with van der Waals surface area (Å²) in [6.45, 7) is 3.64. The Morgan fingerprint density at radius 2 is 2.21 bits per heavy atom. The standard InChI is InChI=1S/C12H18N2O4S/c1-6(2)7-4-14(12(18)13-11(7)17)10-3-8(16)9(5-15)19-10/h4,6,8-10,15-16H,3,5H2,1-2H3,(H,13,17,18)/t8?,9?,10-/m1/s1. The maximum Gasteiger partial charge on any atom is 0.329 e. The van der Waals surface area contributed by atoms with Crippen LogP contribution in [0.25, 0.3) is 0 Å². The minimum absolute atomic E-state index is 0.0144. The van der Waals surface area contributed by atoms with Crippen molar-refractivity contribution in [3.63, 3.8) is 0 Å². The zero-order valence-corrected chi connectivity index (χ0v) is 11.7. The summed E-state index contributed by atoms with van der Waals surface area (Å²) in [6.07, 6.45) is 1.32. The summed E-state index contributed by atoms with van der Waals surface area (Å²) in [5, 5.41) is 18.4. The van der Waals surface area contributed by atoms with Crippen molar-refractivity contribution in [2.75, 3.05) is 6.61 Å². The highest BCUT2D eigenvalue weighted by molar-refractivity contribution is 8.00. The first kappa shape index (κ1) is 14.4. The Labute approximate surface area is 114 Å². The van der Waals surface area contributed by atoms with E-state index in [0.29, 0.717) is 12.0 Å². The summed E-state index contributed by atoms with van der Waals surface area (Å²) in [4.78, 5) is 25.8. The second-order valence-electron chi connectivity index (χ2n) is 5.02. The maximum absolute atomic E-state index is 11.9. The van der Waals surface area contributed by atoms with E-state index >= 15 is 0 Å². The van der Waals surface area contributed by atoms with Gasteiger partial charge < -0.3 is 10.2 Å². The molecule has 1 aliphatic heterocycles. The van der Waals surface area contributed by atoms with Gasteiger partial charge in [-0.25, -0.2) is 4.79 Å². The molecule has 0 amide bonds. The van der Waals surface area contributed by atoms with Crippen LogP contribution in [0.2, 0.25) is 0 Å². The first-order valence-corrected chi connectivity index (χ1v) is 7.18. The fourth-order valence-electron chi connectivity index (χ4n) is 2.18. The van der Waals surface area contributed by atoms with Crippen molar-refractivity contribution in [3.8, 4) is 0 Å². The van der Waals surface area contributed by atoms with Gasteiger partial charge in [0.1, 0.15) is 0 Å². The Bertz CT molecular complexity index is 566. The molecule has 19 heavy (non-hydrogen) atoms. The van der Waals surface area contributed by atoms with Crippen LogP contribution in [0.3, 0.4) is 0 Å². The van der Waals surface area contributed by atoms with Gasteiger partial charge in [0.05, 0.1) is 23.3 Å². The second kappa shape index (κ2) is 5.52. The first-order chi connectivity index (χ1) is 8.93. The van der Waals surface area contributed by atoms with Crippen molar-refractivity contribution in [1.82, 2.24) is 9.55 Å². The molecule has 0 spiro atoms. The number of nitrogens with zero attached hydrogens (tertiary/aromatic N) is 1. The number of H-pyrrole nitrogens is 1. The van der Waals surface area contributed by atoms with Crippen LogP contribution in [0.4, 0.5) is 0 Å².